The standard InChI is InChI=1S/C12H11Cl2N3O2/c1-3-19-12(18)10-15-11(17(2)16-10)8-6-7(13)4-5-9(8)14/h4-6H,3H2,1-2H3. The Kier molecular flexibility index (Phi) is 4.07. The second kappa shape index (κ2) is 5.59. The van der Waals surface area contributed by atoms with E-state index in [2.05, 4.69) is 10.1 Å². The molecule has 0 spiro atoms. The van der Waals surface area contributed by atoms with Gasteiger partial charge < -0.3 is 4.74 Å². The summed E-state index contributed by atoms with van der Waals surface area (Å²) in [4.78, 5) is 15.7. The van der Waals surface area contributed by atoms with Crippen LogP contribution in [0, 0.1) is 0 Å². The first-order valence-electron chi connectivity index (χ1n) is 5.56. The number of hydrogen-bond acceptors (Lipinski definition) is 4. The van der Waals surface area contributed by atoms with Crippen LogP contribution < -0.4 is 0 Å². The molecule has 19 heavy (non-hydrogen) atoms. The summed E-state index contributed by atoms with van der Waals surface area (Å²) in [5.41, 5.74) is 0.611. The van der Waals surface area contributed by atoms with Gasteiger partial charge in [-0.2, -0.15) is 0 Å². The van der Waals surface area contributed by atoms with Crippen LogP contribution in [-0.4, -0.2) is 27.3 Å². The molecule has 0 aliphatic heterocycles. The van der Waals surface area contributed by atoms with Gasteiger partial charge in [-0.15, -0.1) is 5.10 Å². The fraction of sp³-hybridized carbons (Fsp3) is 0.250. The summed E-state index contributed by atoms with van der Waals surface area (Å²) < 4.78 is 6.31. The number of nitrogens with zero attached hydrogens (tertiary/aromatic N) is 3. The molecule has 0 aliphatic carbocycles. The van der Waals surface area contributed by atoms with Crippen LogP contribution in [0.2, 0.25) is 10.0 Å². The van der Waals surface area contributed by atoms with Crippen LogP contribution in [0.1, 0.15) is 17.5 Å². The van der Waals surface area contributed by atoms with Crippen molar-refractivity contribution >= 4 is 29.2 Å². The number of benzene rings is 1. The fourth-order valence-electron chi connectivity index (χ4n) is 1.57. The van der Waals surface area contributed by atoms with Gasteiger partial charge >= 0.3 is 5.97 Å². The highest BCUT2D eigenvalue weighted by molar-refractivity contribution is 6.35. The maximum atomic E-state index is 11.6. The number of aryl methyl sites for hydroxylation is 1. The van der Waals surface area contributed by atoms with E-state index in [1.165, 1.54) is 4.68 Å². The van der Waals surface area contributed by atoms with Gasteiger partial charge in [0.25, 0.3) is 5.82 Å². The van der Waals surface area contributed by atoms with Gasteiger partial charge in [0, 0.05) is 17.6 Å². The molecule has 2 rings (SSSR count). The first-order chi connectivity index (χ1) is 9.02. The lowest BCUT2D eigenvalue weighted by molar-refractivity contribution is 0.0512. The minimum Gasteiger partial charge on any atom is -0.460 e. The van der Waals surface area contributed by atoms with Crippen molar-refractivity contribution in [1.29, 1.82) is 0 Å². The second-order valence-electron chi connectivity index (χ2n) is 3.73. The zero-order valence-corrected chi connectivity index (χ0v) is 11.9. The third-order valence-electron chi connectivity index (χ3n) is 2.39. The molecule has 5 nitrogen and oxygen atoms in total. The molecule has 0 saturated carbocycles. The summed E-state index contributed by atoms with van der Waals surface area (Å²) in [6.07, 6.45) is 0. The lowest BCUT2D eigenvalue weighted by atomic mass is 10.2. The molecule has 0 saturated heterocycles. The van der Waals surface area contributed by atoms with Crippen molar-refractivity contribution in [2.45, 2.75) is 6.92 Å². The van der Waals surface area contributed by atoms with E-state index < -0.39 is 5.97 Å². The SMILES string of the molecule is CCOC(=O)c1nc(-c2cc(Cl)ccc2Cl)n(C)n1. The van der Waals surface area contributed by atoms with E-state index in [0.717, 1.165) is 0 Å². The quantitative estimate of drug-likeness (QED) is 0.818. The Morgan fingerprint density at radius 2 is 2.16 bits per heavy atom. The third kappa shape index (κ3) is 2.88. The number of carbonyl (C=O) groups is 1. The highest BCUT2D eigenvalue weighted by Gasteiger charge is 2.18. The Bertz CT molecular complexity index is 625. The topological polar surface area (TPSA) is 57.0 Å². The molecule has 1 aromatic carbocycles. The highest BCUT2D eigenvalue weighted by Crippen LogP contribution is 2.29. The lowest BCUT2D eigenvalue weighted by Gasteiger charge is -2.03. The molecule has 100 valence electrons. The first-order valence-corrected chi connectivity index (χ1v) is 6.32. The van der Waals surface area contributed by atoms with Crippen LogP contribution in [0.5, 0.6) is 0 Å². The molecule has 0 unspecified atom stereocenters. The van der Waals surface area contributed by atoms with Crippen LogP contribution in [0.3, 0.4) is 0 Å². The molecule has 1 heterocycles. The van der Waals surface area contributed by atoms with E-state index in [9.17, 15) is 4.79 Å². The zero-order chi connectivity index (χ0) is 14.0. The number of aromatic nitrogens is 3. The summed E-state index contributed by atoms with van der Waals surface area (Å²) in [7, 11) is 1.67. The number of hydrogen-bond donors (Lipinski definition) is 0. The Morgan fingerprint density at radius 1 is 1.42 bits per heavy atom. The minimum atomic E-state index is -0.567. The van der Waals surface area contributed by atoms with Crippen molar-refractivity contribution in [1.82, 2.24) is 14.8 Å². The summed E-state index contributed by atoms with van der Waals surface area (Å²) in [6, 6.07) is 5.01. The average Bonchev–Trinajstić information content (AvgIpc) is 2.75. The van der Waals surface area contributed by atoms with Gasteiger partial charge in [0.15, 0.2) is 5.82 Å². The Hall–Kier alpha value is -1.59. The van der Waals surface area contributed by atoms with Crippen LogP contribution in [0.15, 0.2) is 18.2 Å². The normalized spacial score (nSPS) is 10.5. The molecular formula is C12H11Cl2N3O2. The molecule has 0 N–H and O–H groups in total. The molecule has 0 bridgehead atoms. The van der Waals surface area contributed by atoms with Crippen LogP contribution in [-0.2, 0) is 11.8 Å². The van der Waals surface area contributed by atoms with Gasteiger partial charge in [0.2, 0.25) is 0 Å². The van der Waals surface area contributed by atoms with Crippen molar-refractivity contribution in [3.05, 3.63) is 34.1 Å². The molecule has 0 atom stereocenters. The number of ether oxygens (including phenoxy) is 1. The fourth-order valence-corrected chi connectivity index (χ4v) is 1.94. The number of carbonyl (C=O) groups excluding carboxylic acids is 1. The third-order valence-corrected chi connectivity index (χ3v) is 2.96. The van der Waals surface area contributed by atoms with Crippen LogP contribution in [0.25, 0.3) is 11.4 Å². The van der Waals surface area contributed by atoms with E-state index in [-0.39, 0.29) is 12.4 Å². The smallest absolute Gasteiger partial charge is 0.378 e. The van der Waals surface area contributed by atoms with Crippen LogP contribution >= 0.6 is 23.2 Å². The van der Waals surface area contributed by atoms with E-state index >= 15 is 0 Å². The van der Waals surface area contributed by atoms with E-state index in [1.54, 1.807) is 32.2 Å². The zero-order valence-electron chi connectivity index (χ0n) is 10.4. The van der Waals surface area contributed by atoms with Crippen molar-refractivity contribution in [3.63, 3.8) is 0 Å². The van der Waals surface area contributed by atoms with Crippen molar-refractivity contribution in [2.75, 3.05) is 6.61 Å². The molecule has 0 amide bonds. The summed E-state index contributed by atoms with van der Waals surface area (Å²) in [5.74, 6) is -0.117. The summed E-state index contributed by atoms with van der Waals surface area (Å²) in [6.45, 7) is 1.99. The van der Waals surface area contributed by atoms with Gasteiger partial charge in [0.05, 0.1) is 11.6 Å². The molecule has 0 fully saturated rings. The van der Waals surface area contributed by atoms with E-state index in [1.807, 2.05) is 0 Å². The maximum absolute atomic E-state index is 11.6. The van der Waals surface area contributed by atoms with Crippen molar-refractivity contribution in [2.24, 2.45) is 7.05 Å². The minimum absolute atomic E-state index is 0.00427. The molecule has 7 heteroatoms. The van der Waals surface area contributed by atoms with E-state index in [4.69, 9.17) is 27.9 Å². The van der Waals surface area contributed by atoms with E-state index in [0.29, 0.717) is 21.4 Å². The van der Waals surface area contributed by atoms with Crippen molar-refractivity contribution < 1.29 is 9.53 Å². The first kappa shape index (κ1) is 13.8. The molecular weight excluding hydrogens is 289 g/mol. The van der Waals surface area contributed by atoms with Gasteiger partial charge in [-0.3, -0.25) is 0 Å². The lowest BCUT2D eigenvalue weighted by Crippen LogP contribution is -2.07. The molecule has 0 aliphatic rings. The number of esters is 1. The molecule has 1 aromatic heterocycles. The van der Waals surface area contributed by atoms with Gasteiger partial charge in [0.1, 0.15) is 0 Å². The van der Waals surface area contributed by atoms with Gasteiger partial charge in [-0.1, -0.05) is 23.2 Å². The van der Waals surface area contributed by atoms with Crippen molar-refractivity contribution in [3.8, 4) is 11.4 Å². The summed E-state index contributed by atoms with van der Waals surface area (Å²) in [5, 5.41) is 5.02. The predicted octanol–water partition coefficient (Wildman–Crippen LogP) is 2.97. The predicted molar refractivity (Wildman–Crippen MR) is 72.4 cm³/mol. The van der Waals surface area contributed by atoms with Crippen LogP contribution in [0.4, 0.5) is 0 Å². The molecule has 2 aromatic rings. The monoisotopic (exact) mass is 299 g/mol. The van der Waals surface area contributed by atoms with Gasteiger partial charge in [-0.25, -0.2) is 14.5 Å². The number of halogens is 2. The Balaban J connectivity index is 2.46. The molecule has 0 radical (unpaired) electrons. The average molecular weight is 300 g/mol. The Labute approximate surface area is 120 Å². The largest absolute Gasteiger partial charge is 0.460 e. The summed E-state index contributed by atoms with van der Waals surface area (Å²) >= 11 is 12.0. The second-order valence-corrected chi connectivity index (χ2v) is 4.57. The maximum Gasteiger partial charge on any atom is 0.378 e. The highest BCUT2D eigenvalue weighted by atomic mass is 35.5. The Morgan fingerprint density at radius 3 is 2.84 bits per heavy atom. The number of rotatable bonds is 3. The van der Waals surface area contributed by atoms with Gasteiger partial charge in [-0.05, 0) is 25.1 Å².